The fourth-order valence-electron chi connectivity index (χ4n) is 1.66. The quantitative estimate of drug-likeness (QED) is 0.728. The zero-order chi connectivity index (χ0) is 10.8. The zero-order valence-corrected chi connectivity index (χ0v) is 11.2. The van der Waals surface area contributed by atoms with E-state index < -0.39 is 0 Å². The predicted octanol–water partition coefficient (Wildman–Crippen LogP) is 3.40. The highest BCUT2D eigenvalue weighted by Crippen LogP contribution is 2.23. The van der Waals surface area contributed by atoms with Gasteiger partial charge in [0.25, 0.3) is 5.91 Å². The van der Waals surface area contributed by atoms with Crippen LogP contribution in [0.15, 0.2) is 11.4 Å². The lowest BCUT2D eigenvalue weighted by atomic mass is 10.1. The molecule has 82 valence electrons. The molecule has 0 spiro atoms. The molecule has 1 aromatic rings. The zero-order valence-electron chi connectivity index (χ0n) is 8.08. The lowest BCUT2D eigenvalue weighted by Crippen LogP contribution is -2.38. The van der Waals surface area contributed by atoms with Gasteiger partial charge in [-0.05, 0) is 18.9 Å². The van der Waals surface area contributed by atoms with Gasteiger partial charge in [-0.25, -0.2) is 0 Å². The molecule has 1 amide bonds. The molecule has 1 aromatic heterocycles. The Bertz CT molecular complexity index is 360. The summed E-state index contributed by atoms with van der Waals surface area (Å²) in [6, 6.07) is 1.74. The Morgan fingerprint density at radius 3 is 2.73 bits per heavy atom. The molecule has 0 aliphatic carbocycles. The molecular weight excluding hydrogens is 298 g/mol. The maximum absolute atomic E-state index is 12.0. The van der Waals surface area contributed by atoms with E-state index in [-0.39, 0.29) is 5.91 Å². The summed E-state index contributed by atoms with van der Waals surface area (Å²) in [5.74, 6) is 0.109. The number of halogens is 2. The van der Waals surface area contributed by atoms with Crippen molar-refractivity contribution < 1.29 is 4.79 Å². The van der Waals surface area contributed by atoms with Gasteiger partial charge in [-0.3, -0.25) is 4.79 Å². The maximum Gasteiger partial charge on any atom is 0.254 e. The van der Waals surface area contributed by atoms with Gasteiger partial charge in [0.2, 0.25) is 0 Å². The van der Waals surface area contributed by atoms with Gasteiger partial charge in [-0.2, -0.15) is 0 Å². The Morgan fingerprint density at radius 2 is 2.20 bits per heavy atom. The number of nitrogens with zero attached hydrogens (tertiary/aromatic N) is 1. The van der Waals surface area contributed by atoms with Crippen LogP contribution in [0, 0.1) is 0 Å². The normalized spacial score (nSPS) is 18.1. The second kappa shape index (κ2) is 4.85. The largest absolute Gasteiger partial charge is 0.339 e. The van der Waals surface area contributed by atoms with Crippen molar-refractivity contribution >= 4 is 44.8 Å². The third-order valence-corrected chi connectivity index (χ3v) is 4.53. The number of hydrogen-bond donors (Lipinski definition) is 0. The number of likely N-dealkylation sites (tertiary alicyclic amines) is 1. The van der Waals surface area contributed by atoms with Crippen LogP contribution in [-0.4, -0.2) is 28.7 Å². The minimum atomic E-state index is 0.109. The lowest BCUT2D eigenvalue weighted by molar-refractivity contribution is 0.0729. The SMILES string of the molecule is O=C(c1csc(Cl)c1)N1CCC(Br)CC1. The van der Waals surface area contributed by atoms with Gasteiger partial charge in [-0.1, -0.05) is 27.5 Å². The summed E-state index contributed by atoms with van der Waals surface area (Å²) in [5, 5.41) is 1.82. The molecular formula is C10H11BrClNOS. The summed E-state index contributed by atoms with van der Waals surface area (Å²) in [6.45, 7) is 1.67. The number of rotatable bonds is 1. The number of carbonyl (C=O) groups excluding carboxylic acids is 1. The van der Waals surface area contributed by atoms with Gasteiger partial charge < -0.3 is 4.90 Å². The van der Waals surface area contributed by atoms with Crippen LogP contribution >= 0.6 is 38.9 Å². The van der Waals surface area contributed by atoms with Crippen LogP contribution in [0.3, 0.4) is 0 Å². The summed E-state index contributed by atoms with van der Waals surface area (Å²) in [4.78, 5) is 14.4. The molecule has 0 bridgehead atoms. The first-order chi connectivity index (χ1) is 7.16. The van der Waals surface area contributed by atoms with E-state index >= 15 is 0 Å². The molecule has 2 rings (SSSR count). The number of alkyl halides is 1. The summed E-state index contributed by atoms with van der Waals surface area (Å²) in [5.41, 5.74) is 0.720. The van der Waals surface area contributed by atoms with Crippen LogP contribution in [0.25, 0.3) is 0 Å². The van der Waals surface area contributed by atoms with E-state index in [2.05, 4.69) is 15.9 Å². The van der Waals surface area contributed by atoms with E-state index in [4.69, 9.17) is 11.6 Å². The standard InChI is InChI=1S/C10H11BrClNOS/c11-8-1-3-13(4-2-8)10(14)7-5-9(12)15-6-7/h5-6,8H,1-4H2. The third kappa shape index (κ3) is 2.74. The van der Waals surface area contributed by atoms with Crippen molar-refractivity contribution in [1.29, 1.82) is 0 Å². The summed E-state index contributed by atoms with van der Waals surface area (Å²) >= 11 is 10.8. The van der Waals surface area contributed by atoms with Crippen molar-refractivity contribution in [1.82, 2.24) is 4.90 Å². The number of hydrogen-bond acceptors (Lipinski definition) is 2. The third-order valence-electron chi connectivity index (χ3n) is 2.53. The monoisotopic (exact) mass is 307 g/mol. The molecule has 0 radical (unpaired) electrons. The summed E-state index contributed by atoms with van der Waals surface area (Å²) in [7, 11) is 0. The first-order valence-corrected chi connectivity index (χ1v) is 7.01. The first-order valence-electron chi connectivity index (χ1n) is 4.84. The smallest absolute Gasteiger partial charge is 0.254 e. The Hall–Kier alpha value is -0.0600. The summed E-state index contributed by atoms with van der Waals surface area (Å²) < 4.78 is 0.675. The van der Waals surface area contributed by atoms with Crippen molar-refractivity contribution in [2.75, 3.05) is 13.1 Å². The van der Waals surface area contributed by atoms with Gasteiger partial charge >= 0.3 is 0 Å². The van der Waals surface area contributed by atoms with Gasteiger partial charge in [-0.15, -0.1) is 11.3 Å². The highest BCUT2D eigenvalue weighted by molar-refractivity contribution is 9.09. The molecule has 2 heterocycles. The van der Waals surface area contributed by atoms with Crippen molar-refractivity contribution in [2.24, 2.45) is 0 Å². The molecule has 1 saturated heterocycles. The van der Waals surface area contributed by atoms with Crippen LogP contribution in [0.4, 0.5) is 0 Å². The van der Waals surface area contributed by atoms with E-state index in [0.29, 0.717) is 9.16 Å². The first kappa shape index (κ1) is 11.4. The average Bonchev–Trinajstić information content (AvgIpc) is 2.65. The van der Waals surface area contributed by atoms with Gasteiger partial charge in [0.15, 0.2) is 0 Å². The second-order valence-corrected chi connectivity index (χ2v) is 6.44. The minimum Gasteiger partial charge on any atom is -0.339 e. The highest BCUT2D eigenvalue weighted by Gasteiger charge is 2.22. The molecule has 2 nitrogen and oxygen atoms in total. The predicted molar refractivity (Wildman–Crippen MR) is 67.2 cm³/mol. The highest BCUT2D eigenvalue weighted by atomic mass is 79.9. The number of amides is 1. The van der Waals surface area contributed by atoms with E-state index in [0.717, 1.165) is 31.5 Å². The van der Waals surface area contributed by atoms with E-state index in [1.54, 1.807) is 6.07 Å². The fourth-order valence-corrected chi connectivity index (χ4v) is 2.92. The van der Waals surface area contributed by atoms with E-state index in [1.807, 2.05) is 10.3 Å². The van der Waals surface area contributed by atoms with Gasteiger partial charge in [0, 0.05) is 23.3 Å². The molecule has 0 atom stereocenters. The maximum atomic E-state index is 12.0. The van der Waals surface area contributed by atoms with Crippen molar-refractivity contribution in [2.45, 2.75) is 17.7 Å². The minimum absolute atomic E-state index is 0.109. The van der Waals surface area contributed by atoms with Crippen molar-refractivity contribution in [3.63, 3.8) is 0 Å². The van der Waals surface area contributed by atoms with E-state index in [1.165, 1.54) is 11.3 Å². The van der Waals surface area contributed by atoms with Gasteiger partial charge in [0.05, 0.1) is 9.90 Å². The van der Waals surface area contributed by atoms with Gasteiger partial charge in [0.1, 0.15) is 0 Å². The number of thiophene rings is 1. The number of piperidine rings is 1. The van der Waals surface area contributed by atoms with Crippen molar-refractivity contribution in [3.8, 4) is 0 Å². The Labute approximate surface area is 106 Å². The second-order valence-electron chi connectivity index (χ2n) is 3.61. The molecule has 5 heteroatoms. The molecule has 0 aromatic carbocycles. The Kier molecular flexibility index (Phi) is 3.69. The topological polar surface area (TPSA) is 20.3 Å². The molecule has 0 saturated carbocycles. The van der Waals surface area contributed by atoms with Crippen LogP contribution in [0.2, 0.25) is 4.34 Å². The van der Waals surface area contributed by atoms with Crippen molar-refractivity contribution in [3.05, 3.63) is 21.3 Å². The molecule has 15 heavy (non-hydrogen) atoms. The Morgan fingerprint density at radius 1 is 1.53 bits per heavy atom. The van der Waals surface area contributed by atoms with Crippen LogP contribution in [-0.2, 0) is 0 Å². The van der Waals surface area contributed by atoms with Crippen LogP contribution in [0.5, 0.6) is 0 Å². The Balaban J connectivity index is 2.02. The molecule has 0 unspecified atom stereocenters. The lowest BCUT2D eigenvalue weighted by Gasteiger charge is -2.29. The van der Waals surface area contributed by atoms with Crippen LogP contribution < -0.4 is 0 Å². The fraction of sp³-hybridized carbons (Fsp3) is 0.500. The van der Waals surface area contributed by atoms with E-state index in [9.17, 15) is 4.79 Å². The average molecular weight is 309 g/mol. The molecule has 1 aliphatic rings. The summed E-state index contributed by atoms with van der Waals surface area (Å²) in [6.07, 6.45) is 2.06. The molecule has 1 fully saturated rings. The molecule has 0 N–H and O–H groups in total. The molecule has 1 aliphatic heterocycles. The number of carbonyl (C=O) groups is 1. The van der Waals surface area contributed by atoms with Crippen LogP contribution in [0.1, 0.15) is 23.2 Å².